The van der Waals surface area contributed by atoms with Crippen molar-refractivity contribution in [3.05, 3.63) is 77.9 Å². The molecule has 6 heteroatoms. The number of nitrogens with one attached hydrogen (secondary N) is 1. The molecule has 0 bridgehead atoms. The number of hydrazone groups is 1. The molecule has 124 valence electrons. The van der Waals surface area contributed by atoms with Gasteiger partial charge in [0.15, 0.2) is 5.11 Å². The first-order valence-electron chi connectivity index (χ1n) is 7.52. The number of esters is 1. The third kappa shape index (κ3) is 3.99. The summed E-state index contributed by atoms with van der Waals surface area (Å²) >= 11 is 4.74. The highest BCUT2D eigenvalue weighted by Crippen LogP contribution is 2.27. The van der Waals surface area contributed by atoms with Crippen LogP contribution in [-0.4, -0.2) is 17.3 Å². The maximum atomic E-state index is 12.4. The normalized spacial score (nSPS) is 10.7. The molecule has 0 aliphatic rings. The Morgan fingerprint density at radius 2 is 1.76 bits per heavy atom. The SMILES string of the molecule is NC(=S)NN=Cc1c(OC(=O)c2ccccc2)ccc2ccccc12. The van der Waals surface area contributed by atoms with Crippen molar-refractivity contribution in [2.45, 2.75) is 0 Å². The van der Waals surface area contributed by atoms with Gasteiger partial charge in [-0.25, -0.2) is 4.79 Å². The van der Waals surface area contributed by atoms with Crippen LogP contribution in [0.2, 0.25) is 0 Å². The fourth-order valence-corrected chi connectivity index (χ4v) is 2.44. The van der Waals surface area contributed by atoms with Gasteiger partial charge in [0.1, 0.15) is 5.75 Å². The summed E-state index contributed by atoms with van der Waals surface area (Å²) in [5.41, 5.74) is 9.02. The van der Waals surface area contributed by atoms with E-state index in [1.807, 2.05) is 36.4 Å². The van der Waals surface area contributed by atoms with Crippen LogP contribution in [-0.2, 0) is 0 Å². The zero-order valence-corrected chi connectivity index (χ0v) is 14.0. The number of rotatable bonds is 4. The van der Waals surface area contributed by atoms with Gasteiger partial charge in [-0.05, 0) is 41.2 Å². The third-order valence-corrected chi connectivity index (χ3v) is 3.60. The number of fused-ring (bicyclic) bond motifs is 1. The van der Waals surface area contributed by atoms with Crippen molar-refractivity contribution in [2.24, 2.45) is 10.8 Å². The second-order valence-corrected chi connectivity index (χ2v) is 5.63. The minimum absolute atomic E-state index is 0.0549. The van der Waals surface area contributed by atoms with Gasteiger partial charge < -0.3 is 10.5 Å². The first kappa shape index (κ1) is 16.6. The van der Waals surface area contributed by atoms with Crippen molar-refractivity contribution in [1.82, 2.24) is 5.43 Å². The summed E-state index contributed by atoms with van der Waals surface area (Å²) in [6.45, 7) is 0. The Morgan fingerprint density at radius 1 is 1.04 bits per heavy atom. The molecule has 0 heterocycles. The predicted octanol–water partition coefficient (Wildman–Crippen LogP) is 3.23. The lowest BCUT2D eigenvalue weighted by atomic mass is 10.0. The minimum atomic E-state index is -0.437. The smallest absolute Gasteiger partial charge is 0.343 e. The first-order valence-corrected chi connectivity index (χ1v) is 7.93. The van der Waals surface area contributed by atoms with E-state index in [0.29, 0.717) is 16.9 Å². The fraction of sp³-hybridized carbons (Fsp3) is 0. The largest absolute Gasteiger partial charge is 0.422 e. The van der Waals surface area contributed by atoms with Crippen LogP contribution in [0.1, 0.15) is 15.9 Å². The van der Waals surface area contributed by atoms with Gasteiger partial charge in [0.2, 0.25) is 0 Å². The highest BCUT2D eigenvalue weighted by molar-refractivity contribution is 7.80. The van der Waals surface area contributed by atoms with Crippen molar-refractivity contribution >= 4 is 40.3 Å². The molecule has 0 aliphatic carbocycles. The monoisotopic (exact) mass is 349 g/mol. The molecule has 0 spiro atoms. The molecule has 25 heavy (non-hydrogen) atoms. The number of hydrogen-bond acceptors (Lipinski definition) is 4. The number of ether oxygens (including phenoxy) is 1. The summed E-state index contributed by atoms with van der Waals surface area (Å²) in [7, 11) is 0. The molecule has 0 aromatic heterocycles. The van der Waals surface area contributed by atoms with E-state index in [4.69, 9.17) is 22.7 Å². The molecule has 3 rings (SSSR count). The number of carbonyl (C=O) groups is 1. The number of nitrogens with zero attached hydrogens (tertiary/aromatic N) is 1. The van der Waals surface area contributed by atoms with Crippen LogP contribution in [0.4, 0.5) is 0 Å². The van der Waals surface area contributed by atoms with Gasteiger partial charge in [-0.2, -0.15) is 5.10 Å². The molecule has 0 saturated heterocycles. The van der Waals surface area contributed by atoms with Crippen LogP contribution < -0.4 is 15.9 Å². The molecular formula is C19H15N3O2S. The number of nitrogens with two attached hydrogens (primary N) is 1. The Balaban J connectivity index is 2.00. The molecule has 0 aliphatic heterocycles. The summed E-state index contributed by atoms with van der Waals surface area (Å²) < 4.78 is 5.58. The van der Waals surface area contributed by atoms with Crippen LogP contribution >= 0.6 is 12.2 Å². The molecule has 0 unspecified atom stereocenters. The fourth-order valence-electron chi connectivity index (χ4n) is 2.39. The second kappa shape index (κ2) is 7.55. The second-order valence-electron chi connectivity index (χ2n) is 5.19. The molecule has 5 nitrogen and oxygen atoms in total. The maximum Gasteiger partial charge on any atom is 0.343 e. The van der Waals surface area contributed by atoms with Gasteiger partial charge in [-0.3, -0.25) is 5.43 Å². The van der Waals surface area contributed by atoms with Gasteiger partial charge in [0, 0.05) is 5.56 Å². The molecule has 0 saturated carbocycles. The average Bonchev–Trinajstić information content (AvgIpc) is 2.63. The molecule has 3 aromatic rings. The number of hydrogen-bond donors (Lipinski definition) is 2. The van der Waals surface area contributed by atoms with E-state index in [2.05, 4.69) is 10.5 Å². The van der Waals surface area contributed by atoms with E-state index in [0.717, 1.165) is 10.8 Å². The van der Waals surface area contributed by atoms with Crippen LogP contribution in [0.5, 0.6) is 5.75 Å². The van der Waals surface area contributed by atoms with Crippen LogP contribution in [0.3, 0.4) is 0 Å². The quantitative estimate of drug-likeness (QED) is 0.249. The first-order chi connectivity index (χ1) is 12.1. The van der Waals surface area contributed by atoms with Gasteiger partial charge in [0.25, 0.3) is 0 Å². The van der Waals surface area contributed by atoms with Gasteiger partial charge in [-0.1, -0.05) is 48.5 Å². The van der Waals surface area contributed by atoms with Gasteiger partial charge >= 0.3 is 5.97 Å². The number of benzene rings is 3. The number of thiocarbonyl (C=S) groups is 1. The summed E-state index contributed by atoms with van der Waals surface area (Å²) in [5, 5.41) is 5.95. The lowest BCUT2D eigenvalue weighted by Crippen LogP contribution is -2.24. The van der Waals surface area contributed by atoms with Crippen LogP contribution in [0.25, 0.3) is 10.8 Å². The zero-order chi connectivity index (χ0) is 17.6. The van der Waals surface area contributed by atoms with E-state index in [9.17, 15) is 4.79 Å². The summed E-state index contributed by atoms with van der Waals surface area (Å²) in [6, 6.07) is 20.2. The van der Waals surface area contributed by atoms with Crippen LogP contribution in [0, 0.1) is 0 Å². The van der Waals surface area contributed by atoms with E-state index in [1.54, 1.807) is 30.3 Å². The Hall–Kier alpha value is -3.25. The summed E-state index contributed by atoms with van der Waals surface area (Å²) in [5.74, 6) is -0.0334. The van der Waals surface area contributed by atoms with Crippen molar-refractivity contribution in [3.8, 4) is 5.75 Å². The lowest BCUT2D eigenvalue weighted by Gasteiger charge is -2.10. The third-order valence-electron chi connectivity index (χ3n) is 3.51. The van der Waals surface area contributed by atoms with Crippen molar-refractivity contribution in [1.29, 1.82) is 0 Å². The Morgan fingerprint density at radius 3 is 2.52 bits per heavy atom. The molecule has 0 amide bonds. The summed E-state index contributed by atoms with van der Waals surface area (Å²) in [4.78, 5) is 12.4. The standard InChI is InChI=1S/C19H15N3O2S/c20-19(25)22-21-12-16-15-9-5-4-6-13(15)10-11-17(16)24-18(23)14-7-2-1-3-8-14/h1-12H,(H3,20,22,25). The van der Waals surface area contributed by atoms with E-state index < -0.39 is 5.97 Å². The molecule has 0 fully saturated rings. The lowest BCUT2D eigenvalue weighted by molar-refractivity contribution is 0.0735. The topological polar surface area (TPSA) is 76.7 Å². The molecule has 0 radical (unpaired) electrons. The predicted molar refractivity (Wildman–Crippen MR) is 103 cm³/mol. The van der Waals surface area contributed by atoms with E-state index in [-0.39, 0.29) is 5.11 Å². The van der Waals surface area contributed by atoms with Crippen LogP contribution in [0.15, 0.2) is 71.8 Å². The van der Waals surface area contributed by atoms with Gasteiger partial charge in [-0.15, -0.1) is 0 Å². The Kier molecular flexibility index (Phi) is 5.01. The highest BCUT2D eigenvalue weighted by atomic mass is 32.1. The van der Waals surface area contributed by atoms with Crippen molar-refractivity contribution in [3.63, 3.8) is 0 Å². The Labute approximate surface area is 150 Å². The molecule has 0 atom stereocenters. The van der Waals surface area contributed by atoms with E-state index >= 15 is 0 Å². The minimum Gasteiger partial charge on any atom is -0.422 e. The molecular weight excluding hydrogens is 334 g/mol. The van der Waals surface area contributed by atoms with Gasteiger partial charge in [0.05, 0.1) is 11.8 Å². The van der Waals surface area contributed by atoms with E-state index in [1.165, 1.54) is 6.21 Å². The van der Waals surface area contributed by atoms with Crippen molar-refractivity contribution < 1.29 is 9.53 Å². The maximum absolute atomic E-state index is 12.4. The number of carbonyl (C=O) groups excluding carboxylic acids is 1. The molecule has 3 N–H and O–H groups in total. The average molecular weight is 349 g/mol. The highest BCUT2D eigenvalue weighted by Gasteiger charge is 2.13. The summed E-state index contributed by atoms with van der Waals surface area (Å²) in [6.07, 6.45) is 1.54. The zero-order valence-electron chi connectivity index (χ0n) is 13.2. The van der Waals surface area contributed by atoms with Crippen molar-refractivity contribution in [2.75, 3.05) is 0 Å². The Bertz CT molecular complexity index is 955. The molecule has 3 aromatic carbocycles.